The Kier molecular flexibility index (Phi) is 5.04. The first-order valence-corrected chi connectivity index (χ1v) is 7.30. The Morgan fingerprint density at radius 2 is 1.81 bits per heavy atom. The predicted octanol–water partition coefficient (Wildman–Crippen LogP) is 3.78. The molecule has 112 valence electrons. The van der Waals surface area contributed by atoms with Crippen LogP contribution in [0, 0.1) is 0 Å². The summed E-state index contributed by atoms with van der Waals surface area (Å²) in [6.07, 6.45) is 1.15. The van der Waals surface area contributed by atoms with Crippen molar-refractivity contribution in [1.82, 2.24) is 4.90 Å². The van der Waals surface area contributed by atoms with Crippen molar-refractivity contribution in [2.75, 3.05) is 13.6 Å². The molecule has 1 aliphatic rings. The standard InChI is InChI=1S/C18H22N2.ClH/c1-13(19)14-6-8-16(9-7-14)17-5-3-4-15-10-11-20(2)12-18(15)17;/h3-9,13H,10-12,19H2,1-2H3;1H/t13-;/m1./s1. The van der Waals surface area contributed by atoms with Crippen molar-refractivity contribution in [2.45, 2.75) is 25.9 Å². The minimum absolute atomic E-state index is 0. The third-order valence-corrected chi connectivity index (χ3v) is 4.21. The molecule has 21 heavy (non-hydrogen) atoms. The number of benzene rings is 2. The molecule has 3 rings (SSSR count). The van der Waals surface area contributed by atoms with Gasteiger partial charge in [0.15, 0.2) is 0 Å². The van der Waals surface area contributed by atoms with Gasteiger partial charge in [0.25, 0.3) is 0 Å². The van der Waals surface area contributed by atoms with E-state index >= 15 is 0 Å². The molecule has 0 bridgehead atoms. The Labute approximate surface area is 133 Å². The monoisotopic (exact) mass is 302 g/mol. The quantitative estimate of drug-likeness (QED) is 0.914. The first kappa shape index (κ1) is 16.0. The van der Waals surface area contributed by atoms with Crippen molar-refractivity contribution in [3.63, 3.8) is 0 Å². The summed E-state index contributed by atoms with van der Waals surface area (Å²) < 4.78 is 0. The molecule has 1 atom stereocenters. The van der Waals surface area contributed by atoms with Gasteiger partial charge >= 0.3 is 0 Å². The lowest BCUT2D eigenvalue weighted by Gasteiger charge is -2.27. The van der Waals surface area contributed by atoms with E-state index in [0.717, 1.165) is 19.5 Å². The summed E-state index contributed by atoms with van der Waals surface area (Å²) in [5.41, 5.74) is 12.8. The van der Waals surface area contributed by atoms with Gasteiger partial charge in [0.1, 0.15) is 0 Å². The maximum atomic E-state index is 5.92. The summed E-state index contributed by atoms with van der Waals surface area (Å²) in [4.78, 5) is 2.39. The summed E-state index contributed by atoms with van der Waals surface area (Å²) in [6, 6.07) is 15.5. The van der Waals surface area contributed by atoms with Crippen LogP contribution in [0.15, 0.2) is 42.5 Å². The normalized spacial score (nSPS) is 16.0. The average Bonchev–Trinajstić information content (AvgIpc) is 2.46. The van der Waals surface area contributed by atoms with Crippen LogP contribution < -0.4 is 5.73 Å². The lowest BCUT2D eigenvalue weighted by Crippen LogP contribution is -2.26. The van der Waals surface area contributed by atoms with Gasteiger partial charge in [-0.3, -0.25) is 0 Å². The fourth-order valence-electron chi connectivity index (χ4n) is 2.95. The van der Waals surface area contributed by atoms with Crippen LogP contribution in [0.3, 0.4) is 0 Å². The lowest BCUT2D eigenvalue weighted by atomic mass is 9.91. The Morgan fingerprint density at radius 3 is 2.48 bits per heavy atom. The topological polar surface area (TPSA) is 29.3 Å². The van der Waals surface area contributed by atoms with Crippen molar-refractivity contribution in [3.8, 4) is 11.1 Å². The van der Waals surface area contributed by atoms with Gasteiger partial charge in [-0.15, -0.1) is 12.4 Å². The summed E-state index contributed by atoms with van der Waals surface area (Å²) in [6.45, 7) is 4.22. The van der Waals surface area contributed by atoms with Gasteiger partial charge in [-0.05, 0) is 48.2 Å². The molecule has 0 saturated carbocycles. The minimum atomic E-state index is 0. The predicted molar refractivity (Wildman–Crippen MR) is 91.8 cm³/mol. The van der Waals surface area contributed by atoms with Crippen LogP contribution >= 0.6 is 12.4 Å². The number of hydrogen-bond donors (Lipinski definition) is 1. The molecule has 0 fully saturated rings. The Morgan fingerprint density at radius 1 is 1.10 bits per heavy atom. The second kappa shape index (κ2) is 6.61. The molecule has 0 saturated heterocycles. The number of hydrogen-bond acceptors (Lipinski definition) is 2. The molecule has 0 amide bonds. The first-order valence-electron chi connectivity index (χ1n) is 7.30. The van der Waals surface area contributed by atoms with Gasteiger partial charge in [0.2, 0.25) is 0 Å². The summed E-state index contributed by atoms with van der Waals surface area (Å²) in [7, 11) is 2.19. The number of fused-ring (bicyclic) bond motifs is 1. The Balaban J connectivity index is 0.00000161. The van der Waals surface area contributed by atoms with Crippen molar-refractivity contribution in [1.29, 1.82) is 0 Å². The SMILES string of the molecule is C[C@@H](N)c1ccc(-c2cccc3c2CN(C)CC3)cc1.Cl. The van der Waals surface area contributed by atoms with Crippen LogP contribution in [-0.4, -0.2) is 18.5 Å². The van der Waals surface area contributed by atoms with E-state index in [4.69, 9.17) is 5.73 Å². The molecule has 0 unspecified atom stereocenters. The van der Waals surface area contributed by atoms with Gasteiger partial charge < -0.3 is 10.6 Å². The van der Waals surface area contributed by atoms with Crippen LogP contribution in [0.5, 0.6) is 0 Å². The maximum absolute atomic E-state index is 5.92. The van der Waals surface area contributed by atoms with Gasteiger partial charge in [-0.2, -0.15) is 0 Å². The van der Waals surface area contributed by atoms with E-state index in [9.17, 15) is 0 Å². The highest BCUT2D eigenvalue weighted by Gasteiger charge is 2.16. The van der Waals surface area contributed by atoms with Gasteiger partial charge in [-0.25, -0.2) is 0 Å². The highest BCUT2D eigenvalue weighted by atomic mass is 35.5. The van der Waals surface area contributed by atoms with Crippen LogP contribution in [0.25, 0.3) is 11.1 Å². The van der Waals surface area contributed by atoms with Crippen molar-refractivity contribution >= 4 is 12.4 Å². The third kappa shape index (κ3) is 3.29. The highest BCUT2D eigenvalue weighted by molar-refractivity contribution is 5.85. The van der Waals surface area contributed by atoms with E-state index in [2.05, 4.69) is 54.4 Å². The van der Waals surface area contributed by atoms with E-state index in [1.807, 2.05) is 6.92 Å². The molecule has 0 radical (unpaired) electrons. The van der Waals surface area contributed by atoms with E-state index in [1.165, 1.54) is 27.8 Å². The van der Waals surface area contributed by atoms with Gasteiger partial charge in [-0.1, -0.05) is 42.5 Å². The minimum Gasteiger partial charge on any atom is -0.324 e. The second-order valence-electron chi connectivity index (χ2n) is 5.84. The largest absolute Gasteiger partial charge is 0.324 e. The van der Waals surface area contributed by atoms with Crippen molar-refractivity contribution in [2.24, 2.45) is 5.73 Å². The summed E-state index contributed by atoms with van der Waals surface area (Å²) in [5, 5.41) is 0. The molecule has 2 aromatic carbocycles. The van der Waals surface area contributed by atoms with Crippen molar-refractivity contribution < 1.29 is 0 Å². The zero-order valence-corrected chi connectivity index (χ0v) is 13.5. The van der Waals surface area contributed by atoms with Crippen LogP contribution in [-0.2, 0) is 13.0 Å². The zero-order chi connectivity index (χ0) is 14.1. The van der Waals surface area contributed by atoms with Crippen LogP contribution in [0.2, 0.25) is 0 Å². The molecule has 2 aromatic rings. The second-order valence-corrected chi connectivity index (χ2v) is 5.84. The Hall–Kier alpha value is -1.35. The molecule has 2 N–H and O–H groups in total. The van der Waals surface area contributed by atoms with Crippen LogP contribution in [0.1, 0.15) is 29.7 Å². The summed E-state index contributed by atoms with van der Waals surface area (Å²) in [5.74, 6) is 0. The molecular weight excluding hydrogens is 280 g/mol. The maximum Gasteiger partial charge on any atom is 0.0266 e. The number of nitrogens with zero attached hydrogens (tertiary/aromatic N) is 1. The molecule has 1 aliphatic heterocycles. The fraction of sp³-hybridized carbons (Fsp3) is 0.333. The Bertz CT molecular complexity index is 605. The molecule has 1 heterocycles. The number of nitrogens with two attached hydrogens (primary N) is 1. The molecule has 0 aromatic heterocycles. The first-order chi connectivity index (χ1) is 9.65. The van der Waals surface area contributed by atoms with E-state index in [1.54, 1.807) is 0 Å². The molecule has 0 spiro atoms. The van der Waals surface area contributed by atoms with Gasteiger partial charge in [0, 0.05) is 19.1 Å². The fourth-order valence-corrected chi connectivity index (χ4v) is 2.95. The average molecular weight is 303 g/mol. The number of halogens is 1. The lowest BCUT2D eigenvalue weighted by molar-refractivity contribution is 0.313. The summed E-state index contributed by atoms with van der Waals surface area (Å²) >= 11 is 0. The molecular formula is C18H23ClN2. The van der Waals surface area contributed by atoms with Crippen molar-refractivity contribution in [3.05, 3.63) is 59.2 Å². The highest BCUT2D eigenvalue weighted by Crippen LogP contribution is 2.30. The smallest absolute Gasteiger partial charge is 0.0266 e. The van der Waals surface area contributed by atoms with E-state index < -0.39 is 0 Å². The van der Waals surface area contributed by atoms with Crippen LogP contribution in [0.4, 0.5) is 0 Å². The van der Waals surface area contributed by atoms with E-state index in [-0.39, 0.29) is 18.4 Å². The zero-order valence-electron chi connectivity index (χ0n) is 12.7. The number of likely N-dealkylation sites (N-methyl/N-ethyl adjacent to an activating group) is 1. The van der Waals surface area contributed by atoms with Gasteiger partial charge in [0.05, 0.1) is 0 Å². The van der Waals surface area contributed by atoms with E-state index in [0.29, 0.717) is 0 Å². The molecule has 0 aliphatic carbocycles. The molecule has 3 heteroatoms. The molecule has 2 nitrogen and oxygen atoms in total. The number of rotatable bonds is 2. The third-order valence-electron chi connectivity index (χ3n) is 4.21.